The molecule has 4 aromatic carbocycles. The number of rotatable bonds is 6. The van der Waals surface area contributed by atoms with E-state index in [1.807, 2.05) is 0 Å². The van der Waals surface area contributed by atoms with Crippen LogP contribution in [0.4, 0.5) is 0 Å². The highest BCUT2D eigenvalue weighted by molar-refractivity contribution is 5.62. The average molecular weight is 533 g/mol. The summed E-state index contributed by atoms with van der Waals surface area (Å²) in [6.45, 7) is 0. The summed E-state index contributed by atoms with van der Waals surface area (Å²) in [6, 6.07) is 17.4. The largest absolute Gasteiger partial charge is 0.508 e. The van der Waals surface area contributed by atoms with E-state index >= 15 is 0 Å². The molecule has 0 saturated heterocycles. The fourth-order valence-corrected chi connectivity index (χ4v) is 5.23. The SMILES string of the molecule is Oc1cccc(CC(O)C(c2ccc(O)cc2O)c2c(O)cc(O)c3c2OC(c2cccc(O)c2)C(O)C3)c1. The molecule has 0 radical (unpaired) electrons. The molecule has 5 rings (SSSR count). The third kappa shape index (κ3) is 5.09. The first-order chi connectivity index (χ1) is 18.6. The standard InChI is InChI=1S/C30H28O9/c31-17-5-1-3-15(9-17)10-24(36)27(20-8-7-19(33)12-22(20)34)28-25(37)14-23(35)21-13-26(38)29(39-30(21)28)16-4-2-6-18(32)11-16/h1-9,11-12,14,24,26-27,29,31-38H,10,13H2. The number of phenols is 6. The topological polar surface area (TPSA) is 171 Å². The van der Waals surface area contributed by atoms with Gasteiger partial charge in [0, 0.05) is 41.2 Å². The summed E-state index contributed by atoms with van der Waals surface area (Å²) in [7, 11) is 0. The highest BCUT2D eigenvalue weighted by Gasteiger charge is 2.39. The Hall–Kier alpha value is -4.60. The summed E-state index contributed by atoms with van der Waals surface area (Å²) in [6.07, 6.45) is -3.46. The quantitative estimate of drug-likeness (QED) is 0.184. The van der Waals surface area contributed by atoms with Crippen molar-refractivity contribution in [1.82, 2.24) is 0 Å². The first-order valence-corrected chi connectivity index (χ1v) is 12.3. The number of phenolic OH excluding ortho intramolecular Hbond substituents is 6. The maximum Gasteiger partial charge on any atom is 0.150 e. The van der Waals surface area contributed by atoms with E-state index in [2.05, 4.69) is 0 Å². The number of benzene rings is 4. The van der Waals surface area contributed by atoms with Crippen LogP contribution in [0, 0.1) is 0 Å². The third-order valence-corrected chi connectivity index (χ3v) is 6.98. The molecule has 39 heavy (non-hydrogen) atoms. The van der Waals surface area contributed by atoms with E-state index in [0.717, 1.165) is 12.1 Å². The Morgan fingerprint density at radius 2 is 1.44 bits per heavy atom. The smallest absolute Gasteiger partial charge is 0.150 e. The van der Waals surface area contributed by atoms with Gasteiger partial charge in [0.15, 0.2) is 0 Å². The van der Waals surface area contributed by atoms with E-state index in [1.165, 1.54) is 36.4 Å². The minimum atomic E-state index is -1.29. The average Bonchev–Trinajstić information content (AvgIpc) is 2.87. The van der Waals surface area contributed by atoms with Crippen molar-refractivity contribution in [3.63, 3.8) is 0 Å². The van der Waals surface area contributed by atoms with Gasteiger partial charge in [0.2, 0.25) is 0 Å². The molecule has 0 aliphatic carbocycles. The molecule has 4 unspecified atom stereocenters. The van der Waals surface area contributed by atoms with Crippen molar-refractivity contribution in [2.24, 2.45) is 0 Å². The van der Waals surface area contributed by atoms with Crippen LogP contribution >= 0.6 is 0 Å². The van der Waals surface area contributed by atoms with Crippen LogP contribution in [-0.4, -0.2) is 53.1 Å². The summed E-state index contributed by atoms with van der Waals surface area (Å²) in [5, 5.41) is 84.8. The Kier molecular flexibility index (Phi) is 6.86. The molecule has 0 bridgehead atoms. The van der Waals surface area contributed by atoms with E-state index in [1.54, 1.807) is 24.3 Å². The zero-order valence-corrected chi connectivity index (χ0v) is 20.6. The molecule has 0 amide bonds. The zero-order valence-electron chi connectivity index (χ0n) is 20.6. The second-order valence-electron chi connectivity index (χ2n) is 9.70. The van der Waals surface area contributed by atoms with Gasteiger partial charge in [-0.05, 0) is 47.9 Å². The van der Waals surface area contributed by atoms with Crippen molar-refractivity contribution in [2.75, 3.05) is 0 Å². The van der Waals surface area contributed by atoms with E-state index in [-0.39, 0.29) is 64.0 Å². The van der Waals surface area contributed by atoms with Crippen molar-refractivity contribution in [1.29, 1.82) is 0 Å². The van der Waals surface area contributed by atoms with Gasteiger partial charge in [-0.15, -0.1) is 0 Å². The summed E-state index contributed by atoms with van der Waals surface area (Å²) in [5.74, 6) is -2.47. The molecule has 0 aromatic heterocycles. The Labute approximate surface area is 223 Å². The molecule has 1 heterocycles. The third-order valence-electron chi connectivity index (χ3n) is 6.98. The molecule has 0 saturated carbocycles. The Balaban J connectivity index is 1.68. The molecule has 1 aliphatic rings. The summed E-state index contributed by atoms with van der Waals surface area (Å²) in [4.78, 5) is 0. The first kappa shape index (κ1) is 26.0. The predicted octanol–water partition coefficient (Wildman–Crippen LogP) is 3.69. The summed E-state index contributed by atoms with van der Waals surface area (Å²) in [5.41, 5.74) is 1.43. The number of aliphatic hydroxyl groups excluding tert-OH is 2. The van der Waals surface area contributed by atoms with Crippen molar-refractivity contribution in [3.8, 4) is 40.2 Å². The highest BCUT2D eigenvalue weighted by Crippen LogP contribution is 2.51. The van der Waals surface area contributed by atoms with Gasteiger partial charge in [0.05, 0.1) is 12.2 Å². The minimum absolute atomic E-state index is 0.000123. The summed E-state index contributed by atoms with van der Waals surface area (Å²) < 4.78 is 6.20. The molecule has 1 aliphatic heterocycles. The van der Waals surface area contributed by atoms with Crippen LogP contribution in [-0.2, 0) is 12.8 Å². The molecule has 9 nitrogen and oxygen atoms in total. The lowest BCUT2D eigenvalue weighted by molar-refractivity contribution is 0.0181. The molecule has 8 N–H and O–H groups in total. The Bertz CT molecular complexity index is 1520. The van der Waals surface area contributed by atoms with Crippen LogP contribution in [0.2, 0.25) is 0 Å². The highest BCUT2D eigenvalue weighted by atomic mass is 16.5. The van der Waals surface area contributed by atoms with Crippen LogP contribution in [0.15, 0.2) is 72.8 Å². The predicted molar refractivity (Wildman–Crippen MR) is 140 cm³/mol. The second-order valence-corrected chi connectivity index (χ2v) is 9.70. The Morgan fingerprint density at radius 3 is 2.13 bits per heavy atom. The molecular formula is C30H28O9. The van der Waals surface area contributed by atoms with Crippen LogP contribution < -0.4 is 4.74 Å². The molecule has 202 valence electrons. The summed E-state index contributed by atoms with van der Waals surface area (Å²) >= 11 is 0. The number of aromatic hydroxyl groups is 6. The normalized spacial score (nSPS) is 18.1. The van der Waals surface area contributed by atoms with E-state index < -0.39 is 30.0 Å². The van der Waals surface area contributed by atoms with Crippen LogP contribution in [0.25, 0.3) is 0 Å². The number of hydrogen-bond donors (Lipinski definition) is 8. The van der Waals surface area contributed by atoms with Gasteiger partial charge in [0.1, 0.15) is 46.4 Å². The molecule has 4 atom stereocenters. The zero-order chi connectivity index (χ0) is 27.8. The van der Waals surface area contributed by atoms with E-state index in [0.29, 0.717) is 11.1 Å². The van der Waals surface area contributed by atoms with Gasteiger partial charge >= 0.3 is 0 Å². The minimum Gasteiger partial charge on any atom is -0.508 e. The van der Waals surface area contributed by atoms with E-state index in [9.17, 15) is 40.9 Å². The van der Waals surface area contributed by atoms with Crippen molar-refractivity contribution < 1.29 is 45.6 Å². The number of aliphatic hydroxyl groups is 2. The number of ether oxygens (including phenoxy) is 1. The lowest BCUT2D eigenvalue weighted by Gasteiger charge is -2.35. The molecule has 0 fully saturated rings. The second kappa shape index (κ2) is 10.3. The fourth-order valence-electron chi connectivity index (χ4n) is 5.23. The Morgan fingerprint density at radius 1 is 0.744 bits per heavy atom. The van der Waals surface area contributed by atoms with Gasteiger partial charge < -0.3 is 45.6 Å². The maximum atomic E-state index is 11.6. The van der Waals surface area contributed by atoms with Crippen LogP contribution in [0.3, 0.4) is 0 Å². The van der Waals surface area contributed by atoms with Crippen molar-refractivity contribution in [3.05, 3.63) is 101 Å². The van der Waals surface area contributed by atoms with Gasteiger partial charge in [0.25, 0.3) is 0 Å². The molecule has 4 aromatic rings. The number of fused-ring (bicyclic) bond motifs is 1. The van der Waals surface area contributed by atoms with Gasteiger partial charge in [-0.25, -0.2) is 0 Å². The monoisotopic (exact) mass is 532 g/mol. The molecule has 0 spiro atoms. The van der Waals surface area contributed by atoms with Crippen molar-refractivity contribution >= 4 is 0 Å². The lowest BCUT2D eigenvalue weighted by atomic mass is 9.80. The van der Waals surface area contributed by atoms with E-state index in [4.69, 9.17) is 4.74 Å². The first-order valence-electron chi connectivity index (χ1n) is 12.3. The van der Waals surface area contributed by atoms with Gasteiger partial charge in [-0.3, -0.25) is 0 Å². The van der Waals surface area contributed by atoms with Crippen LogP contribution in [0.1, 0.15) is 39.8 Å². The van der Waals surface area contributed by atoms with Gasteiger partial charge in [-0.2, -0.15) is 0 Å². The van der Waals surface area contributed by atoms with Crippen molar-refractivity contribution in [2.45, 2.75) is 37.1 Å². The maximum absolute atomic E-state index is 11.6. The fraction of sp³-hybridized carbons (Fsp3) is 0.200. The molecule has 9 heteroatoms. The van der Waals surface area contributed by atoms with Gasteiger partial charge in [-0.1, -0.05) is 30.3 Å². The molecular weight excluding hydrogens is 504 g/mol. The van der Waals surface area contributed by atoms with Crippen LogP contribution in [0.5, 0.6) is 40.2 Å². The number of hydrogen-bond acceptors (Lipinski definition) is 9. The lowest BCUT2D eigenvalue weighted by Crippen LogP contribution is -2.32.